The molecule has 0 fully saturated rings. The standard InChI is InChI=1S/C15H11Cl2NO3/c16-12-3-1-10(2-4-12)7-14(18(20)21)9-11-8-13(17)5-6-15(11)19/h1-6,8-9,19H,7H2. The van der Waals surface area contributed by atoms with E-state index < -0.39 is 4.92 Å². The number of benzene rings is 2. The van der Waals surface area contributed by atoms with E-state index in [0.717, 1.165) is 5.56 Å². The number of hydrogen-bond acceptors (Lipinski definition) is 3. The maximum atomic E-state index is 11.2. The molecular weight excluding hydrogens is 313 g/mol. The van der Waals surface area contributed by atoms with Gasteiger partial charge in [-0.1, -0.05) is 35.3 Å². The van der Waals surface area contributed by atoms with Crippen molar-refractivity contribution in [3.63, 3.8) is 0 Å². The predicted molar refractivity (Wildman–Crippen MR) is 83.2 cm³/mol. The normalized spacial score (nSPS) is 11.4. The zero-order valence-corrected chi connectivity index (χ0v) is 12.3. The summed E-state index contributed by atoms with van der Waals surface area (Å²) in [6.45, 7) is 0. The summed E-state index contributed by atoms with van der Waals surface area (Å²) in [5.41, 5.74) is 1.02. The van der Waals surface area contributed by atoms with Gasteiger partial charge in [-0.2, -0.15) is 0 Å². The van der Waals surface area contributed by atoms with Gasteiger partial charge in [0.15, 0.2) is 0 Å². The molecule has 0 aliphatic carbocycles. The number of phenols is 1. The SMILES string of the molecule is O=[N+]([O-])C(=Cc1cc(Cl)ccc1O)Cc1ccc(Cl)cc1. The van der Waals surface area contributed by atoms with E-state index in [1.165, 1.54) is 24.3 Å². The number of allylic oxidation sites excluding steroid dienone is 1. The van der Waals surface area contributed by atoms with Crippen molar-refractivity contribution in [1.29, 1.82) is 0 Å². The Morgan fingerprint density at radius 3 is 2.38 bits per heavy atom. The molecule has 21 heavy (non-hydrogen) atoms. The Bertz CT molecular complexity index is 697. The lowest BCUT2D eigenvalue weighted by atomic mass is 10.1. The van der Waals surface area contributed by atoms with Crippen LogP contribution in [0.25, 0.3) is 6.08 Å². The van der Waals surface area contributed by atoms with Crippen molar-refractivity contribution in [3.8, 4) is 5.75 Å². The first kappa shape index (κ1) is 15.4. The van der Waals surface area contributed by atoms with Crippen LogP contribution >= 0.6 is 23.2 Å². The van der Waals surface area contributed by atoms with Gasteiger partial charge < -0.3 is 5.11 Å². The Hall–Kier alpha value is -2.04. The Kier molecular flexibility index (Phi) is 4.83. The van der Waals surface area contributed by atoms with Crippen molar-refractivity contribution in [1.82, 2.24) is 0 Å². The van der Waals surface area contributed by atoms with Crippen LogP contribution in [0.2, 0.25) is 10.0 Å². The van der Waals surface area contributed by atoms with Gasteiger partial charge in [0.1, 0.15) is 5.75 Å². The predicted octanol–water partition coefficient (Wildman–Crippen LogP) is 4.56. The number of hydrogen-bond donors (Lipinski definition) is 1. The Balaban J connectivity index is 2.34. The first-order chi connectivity index (χ1) is 9.95. The number of phenolic OH excluding ortho intramolecular Hbond substituents is 1. The molecule has 0 aromatic heterocycles. The van der Waals surface area contributed by atoms with E-state index >= 15 is 0 Å². The second-order valence-corrected chi connectivity index (χ2v) is 5.27. The summed E-state index contributed by atoms with van der Waals surface area (Å²) in [4.78, 5) is 10.7. The van der Waals surface area contributed by atoms with Crippen LogP contribution in [0.5, 0.6) is 5.75 Å². The van der Waals surface area contributed by atoms with Gasteiger partial charge in [0.05, 0.1) is 11.3 Å². The molecule has 0 saturated carbocycles. The molecule has 6 heteroatoms. The van der Waals surface area contributed by atoms with E-state index in [4.69, 9.17) is 23.2 Å². The molecule has 0 amide bonds. The molecule has 0 radical (unpaired) electrons. The number of nitro groups is 1. The van der Waals surface area contributed by atoms with Crippen molar-refractivity contribution in [3.05, 3.63) is 79.4 Å². The van der Waals surface area contributed by atoms with Crippen molar-refractivity contribution in [2.24, 2.45) is 0 Å². The first-order valence-electron chi connectivity index (χ1n) is 6.03. The molecule has 108 valence electrons. The number of halogens is 2. The third-order valence-electron chi connectivity index (χ3n) is 2.84. The van der Waals surface area contributed by atoms with Gasteiger partial charge in [-0.05, 0) is 35.9 Å². The minimum absolute atomic E-state index is 0.0464. The van der Waals surface area contributed by atoms with E-state index in [1.807, 2.05) is 0 Å². The van der Waals surface area contributed by atoms with E-state index in [2.05, 4.69) is 0 Å². The van der Waals surface area contributed by atoms with Crippen LogP contribution in [0.4, 0.5) is 0 Å². The van der Waals surface area contributed by atoms with Gasteiger partial charge in [0.25, 0.3) is 5.70 Å². The Morgan fingerprint density at radius 2 is 1.76 bits per heavy atom. The highest BCUT2D eigenvalue weighted by atomic mass is 35.5. The van der Waals surface area contributed by atoms with Gasteiger partial charge in [-0.3, -0.25) is 10.1 Å². The molecule has 2 rings (SSSR count). The molecule has 0 saturated heterocycles. The van der Waals surface area contributed by atoms with Gasteiger partial charge in [0, 0.05) is 21.7 Å². The molecule has 0 aliphatic rings. The third kappa shape index (κ3) is 4.21. The van der Waals surface area contributed by atoms with E-state index in [1.54, 1.807) is 24.3 Å². The van der Waals surface area contributed by atoms with Crippen LogP contribution in [0.1, 0.15) is 11.1 Å². The zero-order chi connectivity index (χ0) is 15.4. The monoisotopic (exact) mass is 323 g/mol. The molecule has 0 aliphatic heterocycles. The first-order valence-corrected chi connectivity index (χ1v) is 6.79. The Morgan fingerprint density at radius 1 is 1.14 bits per heavy atom. The summed E-state index contributed by atoms with van der Waals surface area (Å²) in [5.74, 6) is -0.0603. The molecule has 0 unspecified atom stereocenters. The van der Waals surface area contributed by atoms with Crippen LogP contribution in [-0.2, 0) is 6.42 Å². The quantitative estimate of drug-likeness (QED) is 0.662. The van der Waals surface area contributed by atoms with E-state index in [9.17, 15) is 15.2 Å². The molecule has 2 aromatic carbocycles. The average Bonchev–Trinajstić information content (AvgIpc) is 2.44. The molecule has 0 atom stereocenters. The number of rotatable bonds is 4. The van der Waals surface area contributed by atoms with E-state index in [-0.39, 0.29) is 17.9 Å². The lowest BCUT2D eigenvalue weighted by Crippen LogP contribution is -2.02. The van der Waals surface area contributed by atoms with Gasteiger partial charge in [-0.25, -0.2) is 0 Å². The van der Waals surface area contributed by atoms with Crippen LogP contribution in [-0.4, -0.2) is 10.0 Å². The fourth-order valence-electron chi connectivity index (χ4n) is 1.80. The molecule has 0 bridgehead atoms. The summed E-state index contributed by atoms with van der Waals surface area (Å²) < 4.78 is 0. The van der Waals surface area contributed by atoms with Crippen molar-refractivity contribution >= 4 is 29.3 Å². The molecule has 2 aromatic rings. The highest BCUT2D eigenvalue weighted by Gasteiger charge is 2.13. The topological polar surface area (TPSA) is 63.4 Å². The third-order valence-corrected chi connectivity index (χ3v) is 3.33. The minimum Gasteiger partial charge on any atom is -0.507 e. The van der Waals surface area contributed by atoms with Crippen LogP contribution in [0.3, 0.4) is 0 Å². The molecule has 4 nitrogen and oxygen atoms in total. The lowest BCUT2D eigenvalue weighted by molar-refractivity contribution is -0.425. The second-order valence-electron chi connectivity index (χ2n) is 4.40. The maximum absolute atomic E-state index is 11.2. The van der Waals surface area contributed by atoms with Crippen molar-refractivity contribution in [2.75, 3.05) is 0 Å². The summed E-state index contributed by atoms with van der Waals surface area (Å²) in [6, 6.07) is 11.2. The molecule has 1 N–H and O–H groups in total. The summed E-state index contributed by atoms with van der Waals surface area (Å²) in [5, 5.41) is 21.9. The zero-order valence-electron chi connectivity index (χ0n) is 10.8. The molecular formula is C15H11Cl2NO3. The second kappa shape index (κ2) is 6.61. The maximum Gasteiger partial charge on any atom is 0.251 e. The van der Waals surface area contributed by atoms with Gasteiger partial charge in [0.2, 0.25) is 0 Å². The highest BCUT2D eigenvalue weighted by Crippen LogP contribution is 2.25. The summed E-state index contributed by atoms with van der Waals surface area (Å²) in [7, 11) is 0. The summed E-state index contributed by atoms with van der Waals surface area (Å²) >= 11 is 11.6. The lowest BCUT2D eigenvalue weighted by Gasteiger charge is -2.03. The van der Waals surface area contributed by atoms with Gasteiger partial charge >= 0.3 is 0 Å². The van der Waals surface area contributed by atoms with Crippen LogP contribution in [0.15, 0.2) is 48.2 Å². The highest BCUT2D eigenvalue weighted by molar-refractivity contribution is 6.31. The van der Waals surface area contributed by atoms with Crippen LogP contribution in [0, 0.1) is 10.1 Å². The number of aromatic hydroxyl groups is 1. The fourth-order valence-corrected chi connectivity index (χ4v) is 2.11. The van der Waals surface area contributed by atoms with Crippen LogP contribution < -0.4 is 0 Å². The smallest absolute Gasteiger partial charge is 0.251 e. The molecule has 0 spiro atoms. The van der Waals surface area contributed by atoms with Crippen molar-refractivity contribution in [2.45, 2.75) is 6.42 Å². The Labute approximate surface area is 131 Å². The largest absolute Gasteiger partial charge is 0.507 e. The van der Waals surface area contributed by atoms with Crippen molar-refractivity contribution < 1.29 is 10.0 Å². The average molecular weight is 324 g/mol. The molecule has 0 heterocycles. The number of nitrogens with zero attached hydrogens (tertiary/aromatic N) is 1. The fraction of sp³-hybridized carbons (Fsp3) is 0.0667. The summed E-state index contributed by atoms with van der Waals surface area (Å²) in [6.07, 6.45) is 1.44. The minimum atomic E-state index is -0.477. The van der Waals surface area contributed by atoms with Gasteiger partial charge in [-0.15, -0.1) is 0 Å². The van der Waals surface area contributed by atoms with E-state index in [0.29, 0.717) is 15.6 Å².